The maximum Gasteiger partial charge on any atom is 0.233 e. The lowest BCUT2D eigenvalue weighted by Crippen LogP contribution is -2.51. The van der Waals surface area contributed by atoms with E-state index in [-0.39, 0.29) is 11.8 Å². The second-order valence-electron chi connectivity index (χ2n) is 9.72. The van der Waals surface area contributed by atoms with Gasteiger partial charge in [0.05, 0.1) is 24.9 Å². The Hall–Kier alpha value is -2.63. The lowest BCUT2D eigenvalue weighted by Gasteiger charge is -2.40. The van der Waals surface area contributed by atoms with Gasteiger partial charge in [-0.05, 0) is 56.4 Å². The Morgan fingerprint density at radius 2 is 1.82 bits per heavy atom. The van der Waals surface area contributed by atoms with Crippen molar-refractivity contribution in [1.29, 1.82) is 0 Å². The highest BCUT2D eigenvalue weighted by atomic mass is 16.5. The SMILES string of the molecule is Cc1cc(C)cc(C2(C(=O)N3CCOC[C@H](Cc4cccc5occc45)C3)CCOCC2)c1. The van der Waals surface area contributed by atoms with E-state index in [1.807, 2.05) is 18.2 Å². The summed E-state index contributed by atoms with van der Waals surface area (Å²) in [6.07, 6.45) is 4.06. The van der Waals surface area contributed by atoms with Gasteiger partial charge in [-0.15, -0.1) is 0 Å². The second-order valence-corrected chi connectivity index (χ2v) is 9.72. The number of carbonyl (C=O) groups is 1. The van der Waals surface area contributed by atoms with Crippen LogP contribution in [0.15, 0.2) is 53.1 Å². The van der Waals surface area contributed by atoms with Crippen LogP contribution in [0.3, 0.4) is 0 Å². The van der Waals surface area contributed by atoms with Crippen molar-refractivity contribution in [2.45, 2.75) is 38.5 Å². The molecule has 2 fully saturated rings. The normalized spacial score (nSPS) is 21.2. The first kappa shape index (κ1) is 22.2. The third kappa shape index (κ3) is 4.44. The van der Waals surface area contributed by atoms with Gasteiger partial charge in [0.1, 0.15) is 5.58 Å². The zero-order valence-electron chi connectivity index (χ0n) is 19.6. The molecule has 2 saturated heterocycles. The number of hydrogen-bond acceptors (Lipinski definition) is 4. The quantitative estimate of drug-likeness (QED) is 0.576. The molecule has 2 aliphatic rings. The maximum absolute atomic E-state index is 14.2. The van der Waals surface area contributed by atoms with Crippen LogP contribution in [0.1, 0.15) is 35.1 Å². The minimum atomic E-state index is -0.519. The van der Waals surface area contributed by atoms with Gasteiger partial charge in [-0.3, -0.25) is 4.79 Å². The summed E-state index contributed by atoms with van der Waals surface area (Å²) in [5.74, 6) is 0.473. The molecule has 0 bridgehead atoms. The number of amides is 1. The van der Waals surface area contributed by atoms with Crippen molar-refractivity contribution >= 4 is 16.9 Å². The smallest absolute Gasteiger partial charge is 0.233 e. The number of ether oxygens (including phenoxy) is 2. The van der Waals surface area contributed by atoms with E-state index in [9.17, 15) is 4.79 Å². The number of hydrogen-bond donors (Lipinski definition) is 0. The van der Waals surface area contributed by atoms with Crippen LogP contribution in [0.4, 0.5) is 0 Å². The molecule has 0 spiro atoms. The number of carbonyl (C=O) groups excluding carboxylic acids is 1. The van der Waals surface area contributed by atoms with Gasteiger partial charge in [0.15, 0.2) is 0 Å². The van der Waals surface area contributed by atoms with Crippen molar-refractivity contribution in [2.75, 3.05) is 39.5 Å². The van der Waals surface area contributed by atoms with Gasteiger partial charge in [0.2, 0.25) is 5.91 Å². The molecule has 0 saturated carbocycles. The van der Waals surface area contributed by atoms with E-state index in [1.165, 1.54) is 16.7 Å². The predicted molar refractivity (Wildman–Crippen MR) is 128 cm³/mol. The molecule has 5 nitrogen and oxygen atoms in total. The van der Waals surface area contributed by atoms with Crippen LogP contribution in [0.2, 0.25) is 0 Å². The van der Waals surface area contributed by atoms with Crippen LogP contribution in [-0.2, 0) is 26.1 Å². The Morgan fingerprint density at radius 3 is 2.61 bits per heavy atom. The molecule has 0 N–H and O–H groups in total. The first-order valence-corrected chi connectivity index (χ1v) is 12.0. The number of furan rings is 1. The third-order valence-corrected chi connectivity index (χ3v) is 7.25. The third-order valence-electron chi connectivity index (χ3n) is 7.25. The number of fused-ring (bicyclic) bond motifs is 1. The van der Waals surface area contributed by atoms with Gasteiger partial charge >= 0.3 is 0 Å². The van der Waals surface area contributed by atoms with E-state index in [2.05, 4.69) is 43.0 Å². The molecule has 1 aromatic heterocycles. The van der Waals surface area contributed by atoms with Gasteiger partial charge in [-0.25, -0.2) is 0 Å². The van der Waals surface area contributed by atoms with E-state index in [1.54, 1.807) is 6.26 Å². The zero-order chi connectivity index (χ0) is 22.8. The van der Waals surface area contributed by atoms with Crippen molar-refractivity contribution in [3.05, 3.63) is 71.0 Å². The molecule has 3 heterocycles. The first-order valence-electron chi connectivity index (χ1n) is 12.0. The standard InChI is InChI=1S/C28H33NO4/c1-20-14-21(2)16-24(15-20)28(7-11-31-12-8-28)27(30)29-9-13-32-19-22(18-29)17-23-4-3-5-26-25(23)6-10-33-26/h3-6,10,14-16,22H,7-9,11-13,17-19H2,1-2H3/t22-/m1/s1. The van der Waals surface area contributed by atoms with Gasteiger partial charge in [0, 0.05) is 37.6 Å². The summed E-state index contributed by atoms with van der Waals surface area (Å²) in [5.41, 5.74) is 5.18. The van der Waals surface area contributed by atoms with Crippen LogP contribution in [0, 0.1) is 19.8 Å². The molecule has 1 atom stereocenters. The number of aryl methyl sites for hydroxylation is 2. The van der Waals surface area contributed by atoms with Crippen molar-refractivity contribution in [1.82, 2.24) is 4.90 Å². The topological polar surface area (TPSA) is 51.9 Å². The van der Waals surface area contributed by atoms with Gasteiger partial charge < -0.3 is 18.8 Å². The highest BCUT2D eigenvalue weighted by Gasteiger charge is 2.44. The van der Waals surface area contributed by atoms with E-state index < -0.39 is 5.41 Å². The maximum atomic E-state index is 14.2. The summed E-state index contributed by atoms with van der Waals surface area (Å²) in [7, 11) is 0. The molecular weight excluding hydrogens is 414 g/mol. The van der Waals surface area contributed by atoms with Crippen molar-refractivity contribution in [3.63, 3.8) is 0 Å². The fourth-order valence-electron chi connectivity index (χ4n) is 5.63. The highest BCUT2D eigenvalue weighted by molar-refractivity contribution is 5.88. The van der Waals surface area contributed by atoms with Gasteiger partial charge in [-0.2, -0.15) is 0 Å². The fraction of sp³-hybridized carbons (Fsp3) is 0.464. The predicted octanol–water partition coefficient (Wildman–Crippen LogP) is 4.82. The summed E-state index contributed by atoms with van der Waals surface area (Å²) in [6.45, 7) is 8.05. The summed E-state index contributed by atoms with van der Waals surface area (Å²) in [5, 5.41) is 1.15. The molecular formula is C28H33NO4. The molecule has 5 heteroatoms. The molecule has 33 heavy (non-hydrogen) atoms. The molecule has 2 aromatic carbocycles. The monoisotopic (exact) mass is 447 g/mol. The molecule has 0 unspecified atom stereocenters. The Labute approximate surface area is 195 Å². The minimum absolute atomic E-state index is 0.229. The molecule has 1 amide bonds. The lowest BCUT2D eigenvalue weighted by atomic mass is 9.72. The van der Waals surface area contributed by atoms with E-state index in [0.29, 0.717) is 39.5 Å². The molecule has 5 rings (SSSR count). The van der Waals surface area contributed by atoms with Crippen molar-refractivity contribution in [2.24, 2.45) is 5.92 Å². The van der Waals surface area contributed by atoms with Crippen LogP contribution in [0.5, 0.6) is 0 Å². The Morgan fingerprint density at radius 1 is 1.03 bits per heavy atom. The summed E-state index contributed by atoms with van der Waals surface area (Å²) in [6, 6.07) is 14.8. The van der Waals surface area contributed by atoms with Gasteiger partial charge in [-0.1, -0.05) is 41.5 Å². The average Bonchev–Trinajstić information content (AvgIpc) is 3.18. The molecule has 174 valence electrons. The molecule has 3 aromatic rings. The van der Waals surface area contributed by atoms with Crippen LogP contribution in [-0.4, -0.2) is 50.3 Å². The van der Waals surface area contributed by atoms with E-state index in [0.717, 1.165) is 35.8 Å². The van der Waals surface area contributed by atoms with Crippen LogP contribution in [0.25, 0.3) is 11.0 Å². The summed E-state index contributed by atoms with van der Waals surface area (Å²) in [4.78, 5) is 16.3. The van der Waals surface area contributed by atoms with Crippen LogP contribution >= 0.6 is 0 Å². The van der Waals surface area contributed by atoms with Gasteiger partial charge in [0.25, 0.3) is 0 Å². The number of nitrogens with zero attached hydrogens (tertiary/aromatic N) is 1. The largest absolute Gasteiger partial charge is 0.464 e. The van der Waals surface area contributed by atoms with Crippen LogP contribution < -0.4 is 0 Å². The molecule has 0 aliphatic carbocycles. The Balaban J connectivity index is 1.42. The van der Waals surface area contributed by atoms with E-state index in [4.69, 9.17) is 13.9 Å². The highest BCUT2D eigenvalue weighted by Crippen LogP contribution is 2.38. The molecule has 2 aliphatic heterocycles. The number of benzene rings is 2. The fourth-order valence-corrected chi connectivity index (χ4v) is 5.63. The summed E-state index contributed by atoms with van der Waals surface area (Å²) >= 11 is 0. The minimum Gasteiger partial charge on any atom is -0.464 e. The molecule has 0 radical (unpaired) electrons. The Bertz CT molecular complexity index is 1110. The zero-order valence-corrected chi connectivity index (χ0v) is 19.6. The Kier molecular flexibility index (Phi) is 6.26. The summed E-state index contributed by atoms with van der Waals surface area (Å²) < 4.78 is 17.3. The van der Waals surface area contributed by atoms with Crippen molar-refractivity contribution < 1.29 is 18.7 Å². The van der Waals surface area contributed by atoms with E-state index >= 15 is 0 Å². The average molecular weight is 448 g/mol. The van der Waals surface area contributed by atoms with Crippen molar-refractivity contribution in [3.8, 4) is 0 Å². The first-order chi connectivity index (χ1) is 16.0. The number of rotatable bonds is 4. The lowest BCUT2D eigenvalue weighted by molar-refractivity contribution is -0.141. The second kappa shape index (κ2) is 9.32.